The van der Waals surface area contributed by atoms with Crippen LogP contribution in [-0.2, 0) is 4.79 Å². The summed E-state index contributed by atoms with van der Waals surface area (Å²) >= 11 is 15.8. The molecule has 0 saturated carbocycles. The number of carbonyl (C=O) groups is 1. The Morgan fingerprint density at radius 3 is 2.75 bits per heavy atom. The van der Waals surface area contributed by atoms with E-state index in [9.17, 15) is 9.18 Å². The second-order valence-corrected chi connectivity index (χ2v) is 8.52. The Labute approximate surface area is 184 Å². The summed E-state index contributed by atoms with van der Waals surface area (Å²) in [5.74, 6) is 0.276. The largest absolute Gasteiger partial charge is 0.493 e. The number of amides is 1. The first-order chi connectivity index (χ1) is 13.3. The highest BCUT2D eigenvalue weighted by atomic mass is 79.9. The van der Waals surface area contributed by atoms with Crippen molar-refractivity contribution in [3.63, 3.8) is 0 Å². The fourth-order valence-electron chi connectivity index (χ4n) is 2.57. The van der Waals surface area contributed by atoms with Crippen molar-refractivity contribution in [1.82, 2.24) is 0 Å². The van der Waals surface area contributed by atoms with Crippen molar-refractivity contribution in [2.45, 2.75) is 6.92 Å². The average Bonchev–Trinajstić information content (AvgIpc) is 2.93. The molecule has 9 heteroatoms. The topological polar surface area (TPSA) is 38.8 Å². The number of thiocarbonyl (C=S) groups is 1. The van der Waals surface area contributed by atoms with Gasteiger partial charge in [0.15, 0.2) is 15.8 Å². The summed E-state index contributed by atoms with van der Waals surface area (Å²) in [6.45, 7) is 2.38. The third kappa shape index (κ3) is 4.20. The quantitative estimate of drug-likeness (QED) is 0.367. The molecule has 0 aromatic heterocycles. The van der Waals surface area contributed by atoms with Crippen LogP contribution in [0.25, 0.3) is 6.08 Å². The molecule has 1 heterocycles. The highest BCUT2D eigenvalue weighted by molar-refractivity contribution is 9.10. The van der Waals surface area contributed by atoms with Crippen molar-refractivity contribution in [1.29, 1.82) is 0 Å². The minimum absolute atomic E-state index is 0.0734. The summed E-state index contributed by atoms with van der Waals surface area (Å²) in [4.78, 5) is 14.6. The van der Waals surface area contributed by atoms with E-state index in [0.717, 1.165) is 17.3 Å². The molecule has 0 unspecified atom stereocenters. The van der Waals surface area contributed by atoms with Gasteiger partial charge < -0.3 is 9.47 Å². The molecule has 0 spiro atoms. The molecule has 1 aliphatic heterocycles. The Balaban J connectivity index is 1.95. The highest BCUT2D eigenvalue weighted by Crippen LogP contribution is 2.40. The van der Waals surface area contributed by atoms with Crippen LogP contribution in [-0.4, -0.2) is 23.9 Å². The van der Waals surface area contributed by atoms with E-state index in [1.807, 2.05) is 13.0 Å². The van der Waals surface area contributed by atoms with Gasteiger partial charge >= 0.3 is 0 Å². The highest BCUT2D eigenvalue weighted by Gasteiger charge is 2.33. The van der Waals surface area contributed by atoms with Gasteiger partial charge in [-0.25, -0.2) is 4.39 Å². The molecule has 0 radical (unpaired) electrons. The van der Waals surface area contributed by atoms with Gasteiger partial charge in [-0.2, -0.15) is 0 Å². The standard InChI is InChI=1S/C19H14BrClFNO3S2/c1-3-26-17-12(20)6-10(7-15(17)25-2)8-16-18(24)23(19(27)28-16)11-4-5-14(22)13(21)9-11/h4-9H,3H2,1-2H3/b16-8+. The number of thioether (sulfide) groups is 1. The molecule has 1 fully saturated rings. The lowest BCUT2D eigenvalue weighted by molar-refractivity contribution is -0.113. The van der Waals surface area contributed by atoms with Crippen LogP contribution in [0.3, 0.4) is 0 Å². The van der Waals surface area contributed by atoms with Crippen molar-refractivity contribution < 1.29 is 18.7 Å². The Hall–Kier alpha value is -1.61. The van der Waals surface area contributed by atoms with Crippen molar-refractivity contribution in [3.8, 4) is 11.5 Å². The van der Waals surface area contributed by atoms with E-state index in [4.69, 9.17) is 33.3 Å². The maximum absolute atomic E-state index is 13.4. The Morgan fingerprint density at radius 1 is 1.36 bits per heavy atom. The Kier molecular flexibility index (Phi) is 6.65. The van der Waals surface area contributed by atoms with Crippen LogP contribution in [0.5, 0.6) is 11.5 Å². The van der Waals surface area contributed by atoms with E-state index in [0.29, 0.717) is 37.5 Å². The molecular formula is C19H14BrClFNO3S2. The second-order valence-electron chi connectivity index (χ2n) is 5.58. The number of rotatable bonds is 5. The van der Waals surface area contributed by atoms with Crippen LogP contribution in [0.2, 0.25) is 5.02 Å². The van der Waals surface area contributed by atoms with Gasteiger partial charge in [0.1, 0.15) is 5.82 Å². The molecule has 1 saturated heterocycles. The van der Waals surface area contributed by atoms with Gasteiger partial charge in [0, 0.05) is 0 Å². The lowest BCUT2D eigenvalue weighted by Crippen LogP contribution is -2.27. The van der Waals surface area contributed by atoms with Gasteiger partial charge in [-0.3, -0.25) is 9.69 Å². The van der Waals surface area contributed by atoms with Crippen LogP contribution in [0.1, 0.15) is 12.5 Å². The van der Waals surface area contributed by atoms with Crippen LogP contribution in [0, 0.1) is 5.82 Å². The minimum atomic E-state index is -0.558. The van der Waals surface area contributed by atoms with Crippen molar-refractivity contribution in [3.05, 3.63) is 56.1 Å². The number of nitrogens with zero attached hydrogens (tertiary/aromatic N) is 1. The van der Waals surface area contributed by atoms with E-state index in [2.05, 4.69) is 15.9 Å². The predicted molar refractivity (Wildman–Crippen MR) is 119 cm³/mol. The van der Waals surface area contributed by atoms with Crippen LogP contribution in [0.15, 0.2) is 39.7 Å². The number of ether oxygens (including phenoxy) is 2. The predicted octanol–water partition coefficient (Wildman–Crippen LogP) is 6.05. The summed E-state index contributed by atoms with van der Waals surface area (Å²) in [6, 6.07) is 7.65. The van der Waals surface area contributed by atoms with Gasteiger partial charge in [-0.1, -0.05) is 35.6 Å². The Bertz CT molecular complexity index is 999. The number of benzene rings is 2. The number of hydrogen-bond donors (Lipinski definition) is 0. The normalized spacial score (nSPS) is 15.5. The van der Waals surface area contributed by atoms with Crippen LogP contribution in [0.4, 0.5) is 10.1 Å². The zero-order chi connectivity index (χ0) is 20.4. The van der Waals surface area contributed by atoms with E-state index < -0.39 is 5.82 Å². The lowest BCUT2D eigenvalue weighted by Gasteiger charge is -2.15. The van der Waals surface area contributed by atoms with Gasteiger partial charge in [-0.05, 0) is 64.8 Å². The second kappa shape index (κ2) is 8.82. The molecule has 0 atom stereocenters. The molecule has 1 amide bonds. The summed E-state index contributed by atoms with van der Waals surface area (Å²) in [7, 11) is 1.55. The van der Waals surface area contributed by atoms with Crippen molar-refractivity contribution in [2.75, 3.05) is 18.6 Å². The van der Waals surface area contributed by atoms with Crippen LogP contribution < -0.4 is 14.4 Å². The van der Waals surface area contributed by atoms with Gasteiger partial charge in [-0.15, -0.1) is 0 Å². The summed E-state index contributed by atoms with van der Waals surface area (Å²) in [5.41, 5.74) is 1.16. The van der Waals surface area contributed by atoms with Crippen molar-refractivity contribution >= 4 is 73.5 Å². The van der Waals surface area contributed by atoms with E-state index in [-0.39, 0.29) is 10.9 Å². The maximum Gasteiger partial charge on any atom is 0.270 e. The van der Waals surface area contributed by atoms with Gasteiger partial charge in [0.2, 0.25) is 0 Å². The minimum Gasteiger partial charge on any atom is -0.493 e. The third-order valence-corrected chi connectivity index (χ3v) is 5.97. The van der Waals surface area contributed by atoms with Gasteiger partial charge in [0.05, 0.1) is 33.8 Å². The number of methoxy groups -OCH3 is 1. The summed E-state index contributed by atoms with van der Waals surface area (Å²) in [6.07, 6.45) is 1.72. The van der Waals surface area contributed by atoms with E-state index in [1.165, 1.54) is 23.1 Å². The fourth-order valence-corrected chi connectivity index (χ4v) is 4.62. The molecule has 28 heavy (non-hydrogen) atoms. The zero-order valence-corrected chi connectivity index (χ0v) is 18.8. The number of hydrogen-bond acceptors (Lipinski definition) is 5. The fraction of sp³-hybridized carbons (Fsp3) is 0.158. The first kappa shape index (κ1) is 21.1. The number of carbonyl (C=O) groups excluding carboxylic acids is 1. The van der Waals surface area contributed by atoms with E-state index in [1.54, 1.807) is 19.3 Å². The molecule has 3 rings (SSSR count). The molecule has 1 aliphatic rings. The SMILES string of the molecule is CCOc1c(Br)cc(/C=C2/SC(=S)N(c3ccc(F)c(Cl)c3)C2=O)cc1OC. The molecule has 0 bridgehead atoms. The summed E-state index contributed by atoms with van der Waals surface area (Å²) < 4.78 is 25.4. The molecule has 4 nitrogen and oxygen atoms in total. The smallest absolute Gasteiger partial charge is 0.270 e. The molecule has 2 aromatic rings. The molecule has 0 aliphatic carbocycles. The van der Waals surface area contributed by atoms with Gasteiger partial charge in [0.25, 0.3) is 5.91 Å². The molecular weight excluding hydrogens is 489 g/mol. The average molecular weight is 503 g/mol. The monoisotopic (exact) mass is 501 g/mol. The first-order valence-corrected chi connectivity index (χ1v) is 10.5. The molecule has 0 N–H and O–H groups in total. The zero-order valence-electron chi connectivity index (χ0n) is 14.8. The third-order valence-electron chi connectivity index (χ3n) is 3.79. The van der Waals surface area contributed by atoms with E-state index >= 15 is 0 Å². The Morgan fingerprint density at radius 2 is 2.11 bits per heavy atom. The molecule has 2 aromatic carbocycles. The molecule has 146 valence electrons. The number of anilines is 1. The summed E-state index contributed by atoms with van der Waals surface area (Å²) in [5, 5.41) is -0.0734. The van der Waals surface area contributed by atoms with Crippen molar-refractivity contribution in [2.24, 2.45) is 0 Å². The van der Waals surface area contributed by atoms with Crippen LogP contribution >= 0.6 is 51.5 Å². The lowest BCUT2D eigenvalue weighted by atomic mass is 10.1. The maximum atomic E-state index is 13.4. The number of halogens is 3. The first-order valence-electron chi connectivity index (χ1n) is 8.09.